The normalized spacial score (nSPS) is 10.9. The molecule has 2 aromatic carbocycles. The van der Waals surface area contributed by atoms with Crippen molar-refractivity contribution in [3.8, 4) is 0 Å². The summed E-state index contributed by atoms with van der Waals surface area (Å²) in [5.41, 5.74) is 3.31. The Morgan fingerprint density at radius 1 is 1.11 bits per heavy atom. The molecule has 0 bridgehead atoms. The summed E-state index contributed by atoms with van der Waals surface area (Å²) in [6, 6.07) is 14.0. The second-order valence-electron chi connectivity index (χ2n) is 6.25. The SMILES string of the molecule is COCCCNC(=O)CSc1nc2ccccc2nc1Cc1ccc(F)cc1. The summed E-state index contributed by atoms with van der Waals surface area (Å²) < 4.78 is 18.2. The lowest BCUT2D eigenvalue weighted by Gasteiger charge is -2.10. The third-order valence-electron chi connectivity index (χ3n) is 4.08. The largest absolute Gasteiger partial charge is 0.385 e. The van der Waals surface area contributed by atoms with Crippen LogP contribution in [-0.4, -0.2) is 41.9 Å². The highest BCUT2D eigenvalue weighted by atomic mass is 32.2. The lowest BCUT2D eigenvalue weighted by molar-refractivity contribution is -0.118. The van der Waals surface area contributed by atoms with Gasteiger partial charge in [0.05, 0.1) is 22.5 Å². The van der Waals surface area contributed by atoms with E-state index >= 15 is 0 Å². The summed E-state index contributed by atoms with van der Waals surface area (Å²) in [5, 5.41) is 3.59. The van der Waals surface area contributed by atoms with Gasteiger partial charge in [-0.1, -0.05) is 36.0 Å². The van der Waals surface area contributed by atoms with Gasteiger partial charge in [0, 0.05) is 26.7 Å². The molecule has 3 aromatic rings. The van der Waals surface area contributed by atoms with Crippen LogP contribution in [0.15, 0.2) is 53.6 Å². The number of ether oxygens (including phenoxy) is 1. The van der Waals surface area contributed by atoms with E-state index in [1.54, 1.807) is 19.2 Å². The molecule has 0 atom stereocenters. The molecule has 5 nitrogen and oxygen atoms in total. The van der Waals surface area contributed by atoms with Crippen molar-refractivity contribution < 1.29 is 13.9 Å². The molecule has 1 amide bonds. The van der Waals surface area contributed by atoms with E-state index in [4.69, 9.17) is 14.7 Å². The van der Waals surface area contributed by atoms with Crippen LogP contribution in [0.5, 0.6) is 0 Å². The van der Waals surface area contributed by atoms with Crippen LogP contribution in [0.4, 0.5) is 4.39 Å². The number of hydrogen-bond donors (Lipinski definition) is 1. The predicted octanol–water partition coefficient (Wildman–Crippen LogP) is 3.60. The number of fused-ring (bicyclic) bond motifs is 1. The summed E-state index contributed by atoms with van der Waals surface area (Å²) in [7, 11) is 1.64. The minimum Gasteiger partial charge on any atom is -0.385 e. The smallest absolute Gasteiger partial charge is 0.230 e. The Balaban J connectivity index is 1.75. The first-order valence-corrected chi connectivity index (χ1v) is 10.0. The number of carbonyl (C=O) groups is 1. The molecular formula is C21H22FN3O2S. The van der Waals surface area contributed by atoms with Crippen molar-refractivity contribution >= 4 is 28.7 Å². The molecule has 3 rings (SSSR count). The summed E-state index contributed by atoms with van der Waals surface area (Å²) >= 11 is 1.37. The highest BCUT2D eigenvalue weighted by molar-refractivity contribution is 7.99. The van der Waals surface area contributed by atoms with Gasteiger partial charge in [-0.05, 0) is 36.2 Å². The Bertz CT molecular complexity index is 935. The average molecular weight is 399 g/mol. The maximum Gasteiger partial charge on any atom is 0.230 e. The first kappa shape index (κ1) is 20.2. The number of para-hydroxylation sites is 2. The molecule has 0 aliphatic carbocycles. The molecule has 0 radical (unpaired) electrons. The molecule has 7 heteroatoms. The molecule has 0 spiro atoms. The quantitative estimate of drug-likeness (QED) is 0.440. The maximum atomic E-state index is 13.2. The molecule has 0 aliphatic heterocycles. The van der Waals surface area contributed by atoms with E-state index in [0.717, 1.165) is 33.7 Å². The minimum absolute atomic E-state index is 0.0520. The summed E-state index contributed by atoms with van der Waals surface area (Å²) in [6.45, 7) is 1.20. The molecule has 0 saturated heterocycles. The van der Waals surface area contributed by atoms with Gasteiger partial charge in [0.2, 0.25) is 5.91 Å². The van der Waals surface area contributed by atoms with Gasteiger partial charge in [-0.2, -0.15) is 0 Å². The fraction of sp³-hybridized carbons (Fsp3) is 0.286. The van der Waals surface area contributed by atoms with Crippen LogP contribution < -0.4 is 5.32 Å². The van der Waals surface area contributed by atoms with E-state index in [2.05, 4.69) is 5.32 Å². The van der Waals surface area contributed by atoms with Crippen molar-refractivity contribution in [2.24, 2.45) is 0 Å². The van der Waals surface area contributed by atoms with Crippen LogP contribution in [0.25, 0.3) is 11.0 Å². The monoisotopic (exact) mass is 399 g/mol. The number of aromatic nitrogens is 2. The number of amides is 1. The van der Waals surface area contributed by atoms with Crippen LogP contribution in [-0.2, 0) is 16.0 Å². The molecule has 0 aliphatic rings. The Labute approximate surface area is 167 Å². The number of hydrogen-bond acceptors (Lipinski definition) is 5. The van der Waals surface area contributed by atoms with Crippen molar-refractivity contribution in [3.05, 3.63) is 65.6 Å². The van der Waals surface area contributed by atoms with Crippen LogP contribution in [0, 0.1) is 5.82 Å². The average Bonchev–Trinajstić information content (AvgIpc) is 2.71. The fourth-order valence-electron chi connectivity index (χ4n) is 2.68. The van der Waals surface area contributed by atoms with Crippen molar-refractivity contribution in [3.63, 3.8) is 0 Å². The molecule has 0 saturated carbocycles. The lowest BCUT2D eigenvalue weighted by Crippen LogP contribution is -2.26. The Morgan fingerprint density at radius 3 is 2.54 bits per heavy atom. The highest BCUT2D eigenvalue weighted by Gasteiger charge is 2.12. The number of thioether (sulfide) groups is 1. The van der Waals surface area contributed by atoms with E-state index in [-0.39, 0.29) is 17.5 Å². The van der Waals surface area contributed by atoms with Gasteiger partial charge in [0.15, 0.2) is 0 Å². The third kappa shape index (κ3) is 5.74. The molecule has 1 aromatic heterocycles. The Hall–Kier alpha value is -2.51. The van der Waals surface area contributed by atoms with E-state index in [0.29, 0.717) is 19.6 Å². The van der Waals surface area contributed by atoms with Crippen molar-refractivity contribution in [1.82, 2.24) is 15.3 Å². The maximum absolute atomic E-state index is 13.2. The summed E-state index contributed by atoms with van der Waals surface area (Å²) in [6.07, 6.45) is 1.30. The molecule has 1 N–H and O–H groups in total. The van der Waals surface area contributed by atoms with E-state index in [1.165, 1.54) is 23.9 Å². The van der Waals surface area contributed by atoms with Crippen LogP contribution >= 0.6 is 11.8 Å². The van der Waals surface area contributed by atoms with E-state index in [1.807, 2.05) is 24.3 Å². The summed E-state index contributed by atoms with van der Waals surface area (Å²) in [5.74, 6) is -0.0620. The molecule has 0 fully saturated rings. The number of carbonyl (C=O) groups excluding carboxylic acids is 1. The van der Waals surface area contributed by atoms with Gasteiger partial charge in [0.1, 0.15) is 10.8 Å². The molecular weight excluding hydrogens is 377 g/mol. The van der Waals surface area contributed by atoms with Gasteiger partial charge in [0.25, 0.3) is 0 Å². The number of halogens is 1. The third-order valence-corrected chi connectivity index (χ3v) is 5.09. The predicted molar refractivity (Wildman–Crippen MR) is 109 cm³/mol. The van der Waals surface area contributed by atoms with E-state index in [9.17, 15) is 9.18 Å². The zero-order valence-corrected chi connectivity index (χ0v) is 16.5. The number of benzene rings is 2. The standard InChI is InChI=1S/C21H22FN3O2S/c1-27-12-4-11-23-20(26)14-28-21-19(13-15-7-9-16(22)10-8-15)24-17-5-2-3-6-18(17)25-21/h2-3,5-10H,4,11-14H2,1H3,(H,23,26). The zero-order valence-electron chi connectivity index (χ0n) is 15.7. The van der Waals surface area contributed by atoms with Crippen LogP contribution in [0.2, 0.25) is 0 Å². The minimum atomic E-state index is -0.270. The van der Waals surface area contributed by atoms with Crippen LogP contribution in [0.1, 0.15) is 17.7 Å². The molecule has 146 valence electrons. The van der Waals surface area contributed by atoms with Crippen molar-refractivity contribution in [2.75, 3.05) is 26.0 Å². The number of methoxy groups -OCH3 is 1. The van der Waals surface area contributed by atoms with E-state index < -0.39 is 0 Å². The first-order valence-electron chi connectivity index (χ1n) is 9.04. The first-order chi connectivity index (χ1) is 13.7. The van der Waals surface area contributed by atoms with Gasteiger partial charge in [-0.3, -0.25) is 4.79 Å². The second kappa shape index (κ2) is 10.1. The van der Waals surface area contributed by atoms with Crippen molar-refractivity contribution in [1.29, 1.82) is 0 Å². The Morgan fingerprint density at radius 2 is 1.82 bits per heavy atom. The van der Waals surface area contributed by atoms with Gasteiger partial charge in [-0.15, -0.1) is 0 Å². The van der Waals surface area contributed by atoms with Gasteiger partial charge >= 0.3 is 0 Å². The molecule has 1 heterocycles. The number of nitrogens with zero attached hydrogens (tertiary/aromatic N) is 2. The van der Waals surface area contributed by atoms with Crippen molar-refractivity contribution in [2.45, 2.75) is 17.9 Å². The Kier molecular flexibility index (Phi) is 7.33. The summed E-state index contributed by atoms with van der Waals surface area (Å²) in [4.78, 5) is 21.5. The molecule has 28 heavy (non-hydrogen) atoms. The van der Waals surface area contributed by atoms with Gasteiger partial charge < -0.3 is 10.1 Å². The zero-order chi connectivity index (χ0) is 19.8. The van der Waals surface area contributed by atoms with Gasteiger partial charge in [-0.25, -0.2) is 14.4 Å². The fourth-order valence-corrected chi connectivity index (χ4v) is 3.49. The second-order valence-corrected chi connectivity index (χ2v) is 7.22. The molecule has 0 unspecified atom stereocenters. The number of rotatable bonds is 9. The number of nitrogens with one attached hydrogen (secondary N) is 1. The topological polar surface area (TPSA) is 64.1 Å². The lowest BCUT2D eigenvalue weighted by atomic mass is 10.1. The highest BCUT2D eigenvalue weighted by Crippen LogP contribution is 2.24. The van der Waals surface area contributed by atoms with Crippen LogP contribution in [0.3, 0.4) is 0 Å².